The van der Waals surface area contributed by atoms with Gasteiger partial charge in [-0.25, -0.2) is 9.18 Å². The Labute approximate surface area is 146 Å². The van der Waals surface area contributed by atoms with Gasteiger partial charge in [0.1, 0.15) is 35.6 Å². The van der Waals surface area contributed by atoms with Crippen molar-refractivity contribution in [2.24, 2.45) is 5.16 Å². The second-order valence-corrected chi connectivity index (χ2v) is 6.65. The second kappa shape index (κ2) is 7.82. The van der Waals surface area contributed by atoms with Gasteiger partial charge in [0.25, 0.3) is 0 Å². The molecule has 1 heterocycles. The van der Waals surface area contributed by atoms with Gasteiger partial charge in [0, 0.05) is 12.2 Å². The number of ether oxygens (including phenoxy) is 3. The summed E-state index contributed by atoms with van der Waals surface area (Å²) >= 11 is 0. The van der Waals surface area contributed by atoms with E-state index in [4.69, 9.17) is 19.0 Å². The van der Waals surface area contributed by atoms with E-state index in [0.29, 0.717) is 23.6 Å². The molecule has 0 amide bonds. The van der Waals surface area contributed by atoms with E-state index in [-0.39, 0.29) is 6.61 Å². The molecule has 7 heteroatoms. The van der Waals surface area contributed by atoms with Crippen LogP contribution in [0.4, 0.5) is 4.39 Å². The van der Waals surface area contributed by atoms with Crippen LogP contribution < -0.4 is 4.74 Å². The lowest BCUT2D eigenvalue weighted by molar-refractivity contribution is -0.162. The summed E-state index contributed by atoms with van der Waals surface area (Å²) in [5.41, 5.74) is 0.211. The molecule has 0 bridgehead atoms. The average Bonchev–Trinajstić information content (AvgIpc) is 2.95. The van der Waals surface area contributed by atoms with Crippen molar-refractivity contribution >= 4 is 11.7 Å². The Bertz CT molecular complexity index is 653. The number of carbonyl (C=O) groups is 1. The zero-order valence-electron chi connectivity index (χ0n) is 15.2. The minimum atomic E-state index is -0.864. The number of carbonyl (C=O) groups excluding carboxylic acids is 1. The van der Waals surface area contributed by atoms with E-state index in [9.17, 15) is 9.18 Å². The maximum Gasteiger partial charge on any atom is 0.347 e. The highest BCUT2D eigenvalue weighted by Crippen LogP contribution is 2.26. The summed E-state index contributed by atoms with van der Waals surface area (Å²) in [6.45, 7) is 9.47. The first-order valence-electron chi connectivity index (χ1n) is 8.22. The molecule has 1 aromatic carbocycles. The van der Waals surface area contributed by atoms with Gasteiger partial charge in [0.15, 0.2) is 6.10 Å². The van der Waals surface area contributed by atoms with Gasteiger partial charge in [-0.3, -0.25) is 0 Å². The first-order valence-corrected chi connectivity index (χ1v) is 8.22. The smallest absolute Gasteiger partial charge is 0.347 e. The van der Waals surface area contributed by atoms with Gasteiger partial charge in [-0.2, -0.15) is 0 Å². The molecule has 1 unspecified atom stereocenters. The highest BCUT2D eigenvalue weighted by atomic mass is 19.1. The fraction of sp³-hybridized carbons (Fsp3) is 0.556. The van der Waals surface area contributed by atoms with Crippen molar-refractivity contribution in [2.45, 2.75) is 52.4 Å². The van der Waals surface area contributed by atoms with Gasteiger partial charge in [0.05, 0.1) is 0 Å². The predicted octanol–water partition coefficient (Wildman–Crippen LogP) is 3.07. The van der Waals surface area contributed by atoms with E-state index >= 15 is 0 Å². The molecule has 0 spiro atoms. The van der Waals surface area contributed by atoms with Crippen LogP contribution in [0.3, 0.4) is 0 Å². The Hall–Kier alpha value is -2.15. The fourth-order valence-corrected chi connectivity index (χ4v) is 2.29. The van der Waals surface area contributed by atoms with Crippen LogP contribution in [0, 0.1) is 5.82 Å². The lowest BCUT2D eigenvalue weighted by Gasteiger charge is -2.23. The second-order valence-electron chi connectivity index (χ2n) is 6.65. The molecule has 138 valence electrons. The number of halogens is 1. The minimum absolute atomic E-state index is 0.251. The molecule has 1 aliphatic rings. The summed E-state index contributed by atoms with van der Waals surface area (Å²) in [5, 5.41) is 3.95. The van der Waals surface area contributed by atoms with E-state index < -0.39 is 29.6 Å². The van der Waals surface area contributed by atoms with Crippen molar-refractivity contribution in [1.82, 2.24) is 0 Å². The van der Waals surface area contributed by atoms with E-state index in [1.807, 2.05) is 6.92 Å². The van der Waals surface area contributed by atoms with Crippen LogP contribution in [0.2, 0.25) is 0 Å². The molecule has 1 aromatic rings. The summed E-state index contributed by atoms with van der Waals surface area (Å²) in [4.78, 5) is 17.2. The van der Waals surface area contributed by atoms with Gasteiger partial charge >= 0.3 is 5.97 Å². The quantitative estimate of drug-likeness (QED) is 0.735. The molecule has 0 aliphatic carbocycles. The van der Waals surface area contributed by atoms with Crippen LogP contribution in [0.25, 0.3) is 0 Å². The normalized spacial score (nSPS) is 18.3. The number of benzene rings is 1. The zero-order chi connectivity index (χ0) is 18.6. The molecule has 6 nitrogen and oxygen atoms in total. The van der Waals surface area contributed by atoms with Gasteiger partial charge in [-0.05, 0) is 52.8 Å². The molecule has 0 saturated carbocycles. The van der Waals surface area contributed by atoms with E-state index in [1.54, 1.807) is 27.7 Å². The Morgan fingerprint density at radius 3 is 2.80 bits per heavy atom. The maximum absolute atomic E-state index is 13.7. The van der Waals surface area contributed by atoms with E-state index in [0.717, 1.165) is 0 Å². The number of hydrogen-bond donors (Lipinski definition) is 0. The predicted molar refractivity (Wildman–Crippen MR) is 90.2 cm³/mol. The molecule has 0 N–H and O–H groups in total. The Morgan fingerprint density at radius 2 is 2.16 bits per heavy atom. The summed E-state index contributed by atoms with van der Waals surface area (Å²) in [7, 11) is 0. The summed E-state index contributed by atoms with van der Waals surface area (Å²) in [6.07, 6.45) is -1.28. The van der Waals surface area contributed by atoms with Crippen LogP contribution in [-0.4, -0.2) is 42.7 Å². The van der Waals surface area contributed by atoms with Gasteiger partial charge in [-0.15, -0.1) is 0 Å². The van der Waals surface area contributed by atoms with E-state index in [2.05, 4.69) is 5.16 Å². The molecule has 0 saturated heterocycles. The van der Waals surface area contributed by atoms with Crippen LogP contribution in [0.1, 0.15) is 40.2 Å². The monoisotopic (exact) mass is 353 g/mol. The van der Waals surface area contributed by atoms with Gasteiger partial charge < -0.3 is 19.0 Å². The van der Waals surface area contributed by atoms with Crippen LogP contribution >= 0.6 is 0 Å². The molecule has 1 aliphatic heterocycles. The largest absolute Gasteiger partial charge is 0.478 e. The van der Waals surface area contributed by atoms with Crippen LogP contribution in [0.15, 0.2) is 23.4 Å². The Balaban J connectivity index is 2.23. The standard InChI is InChI=1S/C18H24FNO5/c1-6-22-15-10-23-20-16(15)13-9-12(19)7-8-14(13)24-11(2)17(21)25-18(3,4)5/h7-9,11,15H,6,10H2,1-5H3/t11-,15?/m0/s1. The molecule has 25 heavy (non-hydrogen) atoms. The molecule has 0 aromatic heterocycles. The molecule has 2 rings (SSSR count). The number of hydrogen-bond acceptors (Lipinski definition) is 6. The number of rotatable bonds is 6. The summed E-state index contributed by atoms with van der Waals surface area (Å²) < 4.78 is 30.3. The van der Waals surface area contributed by atoms with E-state index in [1.165, 1.54) is 18.2 Å². The number of nitrogens with zero attached hydrogens (tertiary/aromatic N) is 1. The summed E-state index contributed by atoms with van der Waals surface area (Å²) in [5.74, 6) is -0.639. The summed E-state index contributed by atoms with van der Waals surface area (Å²) in [6, 6.07) is 4.00. The van der Waals surface area contributed by atoms with Crippen molar-refractivity contribution in [1.29, 1.82) is 0 Å². The van der Waals surface area contributed by atoms with Crippen molar-refractivity contribution in [3.8, 4) is 5.75 Å². The number of esters is 1. The Morgan fingerprint density at radius 1 is 1.44 bits per heavy atom. The molecular formula is C18H24FNO5. The lowest BCUT2D eigenvalue weighted by atomic mass is 10.0. The topological polar surface area (TPSA) is 66.3 Å². The maximum atomic E-state index is 13.7. The first-order chi connectivity index (χ1) is 11.7. The molecule has 0 radical (unpaired) electrons. The first kappa shape index (κ1) is 19.2. The van der Waals surface area contributed by atoms with Crippen LogP contribution in [-0.2, 0) is 19.1 Å². The molecular weight excluding hydrogens is 329 g/mol. The Kier molecular flexibility index (Phi) is 6.00. The SMILES string of the molecule is CCOC1CON=C1c1cc(F)ccc1O[C@@H](C)C(=O)OC(C)(C)C. The third-order valence-electron chi connectivity index (χ3n) is 3.32. The average molecular weight is 353 g/mol. The zero-order valence-corrected chi connectivity index (χ0v) is 15.2. The third kappa shape index (κ3) is 5.16. The third-order valence-corrected chi connectivity index (χ3v) is 3.32. The van der Waals surface area contributed by atoms with Crippen molar-refractivity contribution < 1.29 is 28.2 Å². The lowest BCUT2D eigenvalue weighted by Crippen LogP contribution is -2.34. The minimum Gasteiger partial charge on any atom is -0.478 e. The molecule has 0 fully saturated rings. The highest BCUT2D eigenvalue weighted by Gasteiger charge is 2.30. The van der Waals surface area contributed by atoms with Crippen molar-refractivity contribution in [3.05, 3.63) is 29.6 Å². The molecule has 2 atom stereocenters. The number of oxime groups is 1. The van der Waals surface area contributed by atoms with Gasteiger partial charge in [-0.1, -0.05) is 5.16 Å². The highest BCUT2D eigenvalue weighted by molar-refractivity contribution is 6.06. The van der Waals surface area contributed by atoms with Crippen molar-refractivity contribution in [2.75, 3.05) is 13.2 Å². The van der Waals surface area contributed by atoms with Crippen molar-refractivity contribution in [3.63, 3.8) is 0 Å². The fourth-order valence-electron chi connectivity index (χ4n) is 2.29. The van der Waals surface area contributed by atoms with Crippen LogP contribution in [0.5, 0.6) is 5.75 Å². The van der Waals surface area contributed by atoms with Gasteiger partial charge in [0.2, 0.25) is 0 Å².